The van der Waals surface area contributed by atoms with Crippen molar-refractivity contribution in [2.75, 3.05) is 51.7 Å². The summed E-state index contributed by atoms with van der Waals surface area (Å²) in [6, 6.07) is 8.99. The number of nitrogens with zero attached hydrogens (tertiary/aromatic N) is 4. The van der Waals surface area contributed by atoms with Gasteiger partial charge in [0.15, 0.2) is 17.4 Å². The topological polar surface area (TPSA) is 125 Å². The lowest BCUT2D eigenvalue weighted by Crippen LogP contribution is -2.53. The normalized spacial score (nSPS) is 18.9. The number of amides is 3. The molecule has 3 amide bonds. The van der Waals surface area contributed by atoms with Crippen molar-refractivity contribution >= 4 is 34.7 Å². The van der Waals surface area contributed by atoms with Crippen molar-refractivity contribution in [2.24, 2.45) is 21.6 Å². The van der Waals surface area contributed by atoms with Gasteiger partial charge in [-0.3, -0.25) is 9.79 Å². The fourth-order valence-electron chi connectivity index (χ4n) is 5.69. The summed E-state index contributed by atoms with van der Waals surface area (Å²) >= 11 is 0. The molecule has 2 aromatic rings. The number of anilines is 1. The van der Waals surface area contributed by atoms with Crippen LogP contribution in [0.4, 0.5) is 14.9 Å². The zero-order valence-corrected chi connectivity index (χ0v) is 24.8. The number of carbonyl (C=O) groups excluding carboxylic acids is 2. The van der Waals surface area contributed by atoms with Gasteiger partial charge in [-0.2, -0.15) is 0 Å². The maximum atomic E-state index is 14.9. The lowest BCUT2D eigenvalue weighted by molar-refractivity contribution is 0.0664. The Morgan fingerprint density at radius 2 is 1.86 bits per heavy atom. The number of piperazine rings is 1. The Balaban J connectivity index is 1.28. The van der Waals surface area contributed by atoms with Gasteiger partial charge in [0.05, 0.1) is 12.8 Å². The van der Waals surface area contributed by atoms with Crippen LogP contribution in [0.25, 0.3) is 5.57 Å². The van der Waals surface area contributed by atoms with Crippen molar-refractivity contribution in [1.29, 1.82) is 0 Å². The Hall–Kier alpha value is -4.51. The maximum Gasteiger partial charge on any atom is 0.317 e. The predicted molar refractivity (Wildman–Crippen MR) is 167 cm³/mol. The van der Waals surface area contributed by atoms with E-state index in [2.05, 4.69) is 15.6 Å². The van der Waals surface area contributed by atoms with Gasteiger partial charge < -0.3 is 30.9 Å². The number of hydrogen-bond acceptors (Lipinski definition) is 7. The summed E-state index contributed by atoms with van der Waals surface area (Å²) < 4.78 is 20.1. The number of halogens is 1. The molecular weight excluding hydrogens is 549 g/mol. The molecular formula is C32H38FN7O3. The van der Waals surface area contributed by atoms with E-state index < -0.39 is 0 Å². The monoisotopic (exact) mass is 587 g/mol. The molecule has 0 aliphatic carbocycles. The van der Waals surface area contributed by atoms with Gasteiger partial charge in [-0.25, -0.2) is 14.2 Å². The van der Waals surface area contributed by atoms with E-state index in [4.69, 9.17) is 15.5 Å². The van der Waals surface area contributed by atoms with Crippen LogP contribution in [0.2, 0.25) is 0 Å². The molecule has 11 heteroatoms. The van der Waals surface area contributed by atoms with Crippen LogP contribution in [0.5, 0.6) is 5.75 Å². The number of methoxy groups -OCH3 is 1. The number of allylic oxidation sites excluding steroid dienone is 2. The molecule has 0 aromatic heterocycles. The van der Waals surface area contributed by atoms with Crippen molar-refractivity contribution in [1.82, 2.24) is 15.1 Å². The number of hydrogen-bond donors (Lipinski definition) is 3. The Morgan fingerprint density at radius 1 is 1.09 bits per heavy atom. The molecule has 4 N–H and O–H groups in total. The first-order valence-corrected chi connectivity index (χ1v) is 14.6. The van der Waals surface area contributed by atoms with Crippen LogP contribution < -0.4 is 21.1 Å². The molecule has 0 bridgehead atoms. The number of nitrogens with one attached hydrogen (secondary N) is 2. The molecule has 0 radical (unpaired) electrons. The van der Waals surface area contributed by atoms with E-state index in [0.29, 0.717) is 56.2 Å². The number of nitrogens with two attached hydrogens (primary N) is 1. The van der Waals surface area contributed by atoms with E-state index in [1.165, 1.54) is 7.11 Å². The van der Waals surface area contributed by atoms with E-state index in [1.54, 1.807) is 29.0 Å². The lowest BCUT2D eigenvalue weighted by atomic mass is 9.84. The molecule has 3 heterocycles. The minimum absolute atomic E-state index is 0.0549. The summed E-state index contributed by atoms with van der Waals surface area (Å²) in [5.74, 6) is 0.346. The first-order valence-electron chi connectivity index (χ1n) is 14.6. The summed E-state index contributed by atoms with van der Waals surface area (Å²) in [7, 11) is 1.46. The molecule has 1 saturated heterocycles. The Labute approximate surface area is 251 Å². The van der Waals surface area contributed by atoms with Crippen molar-refractivity contribution < 1.29 is 18.7 Å². The summed E-state index contributed by atoms with van der Waals surface area (Å²) in [4.78, 5) is 38.5. The number of benzene rings is 2. The largest absolute Gasteiger partial charge is 0.494 e. The lowest BCUT2D eigenvalue weighted by Gasteiger charge is -2.35. The zero-order valence-electron chi connectivity index (χ0n) is 24.8. The minimum Gasteiger partial charge on any atom is -0.494 e. The second-order valence-corrected chi connectivity index (χ2v) is 10.8. The minimum atomic E-state index is -0.368. The molecule has 3 aliphatic heterocycles. The molecule has 43 heavy (non-hydrogen) atoms. The number of carbonyl (C=O) groups is 2. The van der Waals surface area contributed by atoms with E-state index >= 15 is 0 Å². The van der Waals surface area contributed by atoms with Crippen LogP contribution in [0.1, 0.15) is 39.9 Å². The second-order valence-electron chi connectivity index (χ2n) is 10.8. The van der Waals surface area contributed by atoms with Crippen molar-refractivity contribution in [2.45, 2.75) is 26.7 Å². The third-order valence-electron chi connectivity index (χ3n) is 8.10. The van der Waals surface area contributed by atoms with E-state index in [1.807, 2.05) is 43.5 Å². The quantitative estimate of drug-likeness (QED) is 0.469. The van der Waals surface area contributed by atoms with Gasteiger partial charge >= 0.3 is 6.03 Å². The van der Waals surface area contributed by atoms with Crippen LogP contribution >= 0.6 is 0 Å². The zero-order chi connectivity index (χ0) is 30.5. The van der Waals surface area contributed by atoms with Gasteiger partial charge in [0.25, 0.3) is 5.91 Å². The van der Waals surface area contributed by atoms with Crippen LogP contribution in [0.3, 0.4) is 0 Å². The smallest absolute Gasteiger partial charge is 0.317 e. The van der Waals surface area contributed by atoms with E-state index in [0.717, 1.165) is 40.9 Å². The van der Waals surface area contributed by atoms with Crippen molar-refractivity contribution in [3.8, 4) is 5.75 Å². The highest BCUT2D eigenvalue weighted by Crippen LogP contribution is 2.38. The number of amidine groups is 1. The summed E-state index contributed by atoms with van der Waals surface area (Å²) in [5, 5.41) is 6.19. The van der Waals surface area contributed by atoms with Crippen LogP contribution in [-0.4, -0.2) is 79.7 Å². The van der Waals surface area contributed by atoms with Gasteiger partial charge in [0.1, 0.15) is 0 Å². The van der Waals surface area contributed by atoms with Gasteiger partial charge in [0, 0.05) is 68.8 Å². The number of fused-ring (bicyclic) bond motifs is 1. The first-order chi connectivity index (χ1) is 20.8. The van der Waals surface area contributed by atoms with Gasteiger partial charge in [0.2, 0.25) is 0 Å². The Bertz CT molecular complexity index is 1520. The van der Waals surface area contributed by atoms with Crippen LogP contribution in [-0.2, 0) is 0 Å². The molecule has 2 aromatic carbocycles. The predicted octanol–water partition coefficient (Wildman–Crippen LogP) is 4.11. The highest BCUT2D eigenvalue weighted by molar-refractivity contribution is 6.48. The average Bonchev–Trinajstić information content (AvgIpc) is 3.41. The highest BCUT2D eigenvalue weighted by Gasteiger charge is 2.32. The fourth-order valence-corrected chi connectivity index (χ4v) is 5.69. The van der Waals surface area contributed by atoms with E-state index in [-0.39, 0.29) is 29.4 Å². The molecule has 3 aliphatic rings. The molecule has 226 valence electrons. The van der Waals surface area contributed by atoms with Gasteiger partial charge in [-0.15, -0.1) is 0 Å². The number of rotatable bonds is 6. The molecule has 1 unspecified atom stereocenters. The first kappa shape index (κ1) is 30.0. The van der Waals surface area contributed by atoms with Crippen molar-refractivity contribution in [3.63, 3.8) is 0 Å². The van der Waals surface area contributed by atoms with E-state index in [9.17, 15) is 14.0 Å². The average molecular weight is 588 g/mol. The molecule has 10 nitrogen and oxygen atoms in total. The molecule has 0 spiro atoms. The third kappa shape index (κ3) is 6.31. The van der Waals surface area contributed by atoms with Crippen LogP contribution in [0, 0.1) is 25.6 Å². The SMILES string of the molecule is COc1ccc(C2=CN=C3C(Nc4ccc(C(=O)N5CCN(C(=O)NCCN)CC5)c(C)c4)=N/C=C\CCC23)c(C)c1F. The molecule has 1 fully saturated rings. The van der Waals surface area contributed by atoms with Gasteiger partial charge in [-0.05, 0) is 73.2 Å². The number of ether oxygens (including phenoxy) is 1. The number of urea groups is 1. The third-order valence-corrected chi connectivity index (χ3v) is 8.10. The second kappa shape index (κ2) is 13.2. The Kier molecular flexibility index (Phi) is 9.20. The number of aryl methyl sites for hydroxylation is 1. The Morgan fingerprint density at radius 3 is 2.58 bits per heavy atom. The molecule has 5 rings (SSSR count). The maximum absolute atomic E-state index is 14.9. The molecule has 0 saturated carbocycles. The summed E-state index contributed by atoms with van der Waals surface area (Å²) in [5.41, 5.74) is 10.8. The number of aliphatic imine (C=N–C) groups is 2. The van der Waals surface area contributed by atoms with Crippen molar-refractivity contribution in [3.05, 3.63) is 76.9 Å². The summed E-state index contributed by atoms with van der Waals surface area (Å²) in [6.45, 7) is 6.34. The van der Waals surface area contributed by atoms with Gasteiger partial charge in [-0.1, -0.05) is 12.1 Å². The van der Waals surface area contributed by atoms with Crippen LogP contribution in [0.15, 0.2) is 58.8 Å². The standard InChI is InChI=1S/C32H38FN7O3/c1-20-18-22(7-8-23(20)31(41)39-14-16-40(17-15-39)32(42)36-13-11-34)38-30-29-25(6-4-5-12-35-30)26(19-37-29)24-9-10-27(43-3)28(33)21(24)2/h5,7-10,12,18-19,25H,4,6,11,13-17,34H2,1-3H3,(H,35,38)(H,36,42)/b12-5-. The molecule has 1 atom stereocenters. The fraction of sp³-hybridized carbons (Fsp3) is 0.375. The summed E-state index contributed by atoms with van der Waals surface area (Å²) in [6.07, 6.45) is 7.23. The highest BCUT2D eigenvalue weighted by atomic mass is 19.1.